The Balaban J connectivity index is 1.48. The number of unbranched alkanes of at least 4 members (excludes halogenated alkanes) is 4. The summed E-state index contributed by atoms with van der Waals surface area (Å²) < 4.78 is 5.33. The van der Waals surface area contributed by atoms with E-state index in [4.69, 9.17) is 4.74 Å². The Hall–Kier alpha value is -0.0400. The van der Waals surface area contributed by atoms with Gasteiger partial charge in [0.1, 0.15) is 0 Å². The lowest BCUT2D eigenvalue weighted by atomic mass is 9.75. The average molecular weight is 337 g/mol. The van der Waals surface area contributed by atoms with Gasteiger partial charge >= 0.3 is 0 Å². The van der Waals surface area contributed by atoms with Gasteiger partial charge in [-0.05, 0) is 36.5 Å². The Bertz CT molecular complexity index is 284. The van der Waals surface area contributed by atoms with Crippen LogP contribution in [0.15, 0.2) is 0 Å². The predicted molar refractivity (Wildman–Crippen MR) is 105 cm³/mol. The van der Waals surface area contributed by atoms with E-state index < -0.39 is 0 Å². The molecule has 0 bridgehead atoms. The molecule has 0 aliphatic heterocycles. The molecule has 0 aromatic heterocycles. The molecule has 0 aromatic rings. The van der Waals surface area contributed by atoms with Gasteiger partial charge in [0.05, 0.1) is 0 Å². The summed E-state index contributed by atoms with van der Waals surface area (Å²) >= 11 is 0. The maximum Gasteiger partial charge on any atom is 0.0490 e. The molecule has 2 rings (SSSR count). The summed E-state index contributed by atoms with van der Waals surface area (Å²) in [5.41, 5.74) is 0. The van der Waals surface area contributed by atoms with E-state index in [1.807, 2.05) is 7.11 Å². The van der Waals surface area contributed by atoms with Crippen molar-refractivity contribution in [1.29, 1.82) is 0 Å². The van der Waals surface area contributed by atoms with Crippen LogP contribution >= 0.6 is 0 Å². The monoisotopic (exact) mass is 336 g/mol. The van der Waals surface area contributed by atoms with Gasteiger partial charge < -0.3 is 4.74 Å². The second kappa shape index (κ2) is 12.3. The number of methoxy groups -OCH3 is 1. The summed E-state index contributed by atoms with van der Waals surface area (Å²) in [7, 11) is 1.85. The van der Waals surface area contributed by atoms with Crippen LogP contribution in [0.25, 0.3) is 0 Å². The fourth-order valence-electron chi connectivity index (χ4n) is 5.24. The van der Waals surface area contributed by atoms with E-state index in [1.165, 1.54) is 77.0 Å². The van der Waals surface area contributed by atoms with Crippen LogP contribution in [0.1, 0.15) is 110 Å². The van der Waals surface area contributed by atoms with Crippen molar-refractivity contribution in [2.45, 2.75) is 110 Å². The van der Waals surface area contributed by atoms with E-state index in [2.05, 4.69) is 6.92 Å². The molecule has 142 valence electrons. The van der Waals surface area contributed by atoms with Gasteiger partial charge in [0, 0.05) is 13.7 Å². The summed E-state index contributed by atoms with van der Waals surface area (Å²) in [6.45, 7) is 3.31. The van der Waals surface area contributed by atoms with Crippen LogP contribution in [-0.2, 0) is 4.74 Å². The summed E-state index contributed by atoms with van der Waals surface area (Å²) in [4.78, 5) is 0. The molecule has 1 heteroatoms. The van der Waals surface area contributed by atoms with Gasteiger partial charge in [-0.15, -0.1) is 0 Å². The van der Waals surface area contributed by atoms with Crippen molar-refractivity contribution < 1.29 is 4.74 Å². The molecule has 1 nitrogen and oxygen atoms in total. The smallest absolute Gasteiger partial charge is 0.0490 e. The molecule has 24 heavy (non-hydrogen) atoms. The topological polar surface area (TPSA) is 9.23 Å². The minimum Gasteiger partial charge on any atom is -0.384 e. The van der Waals surface area contributed by atoms with Crippen molar-refractivity contribution in [1.82, 2.24) is 0 Å². The predicted octanol–water partition coefficient (Wildman–Crippen LogP) is 7.39. The number of ether oxygens (including phenoxy) is 1. The van der Waals surface area contributed by atoms with Crippen LogP contribution < -0.4 is 0 Å². The highest BCUT2D eigenvalue weighted by Crippen LogP contribution is 2.37. The Morgan fingerprint density at radius 1 is 0.583 bits per heavy atom. The normalized spacial score (nSPS) is 31.2. The quantitative estimate of drug-likeness (QED) is 0.357. The molecular formula is C23H44O. The lowest BCUT2D eigenvalue weighted by molar-refractivity contribution is 0.115. The van der Waals surface area contributed by atoms with Crippen LogP contribution in [-0.4, -0.2) is 13.7 Å². The average Bonchev–Trinajstić information content (AvgIpc) is 2.62. The molecule has 0 atom stereocenters. The number of hydrogen-bond acceptors (Lipinski definition) is 1. The summed E-state index contributed by atoms with van der Waals surface area (Å²) in [5.74, 6) is 4.04. The van der Waals surface area contributed by atoms with Crippen molar-refractivity contribution in [2.75, 3.05) is 13.7 Å². The highest BCUT2D eigenvalue weighted by atomic mass is 16.5. The molecule has 0 spiro atoms. The first-order valence-electron chi connectivity index (χ1n) is 11.3. The highest BCUT2D eigenvalue weighted by molar-refractivity contribution is 4.76. The van der Waals surface area contributed by atoms with Crippen molar-refractivity contribution in [3.05, 3.63) is 0 Å². The van der Waals surface area contributed by atoms with E-state index in [0.717, 1.165) is 30.3 Å². The lowest BCUT2D eigenvalue weighted by Gasteiger charge is -2.32. The SMILES string of the molecule is CCCCCCCC1CCC(CCC2CCC(COC)CC2)CC1. The van der Waals surface area contributed by atoms with E-state index in [9.17, 15) is 0 Å². The molecule has 2 saturated carbocycles. The van der Waals surface area contributed by atoms with Crippen LogP contribution in [0.5, 0.6) is 0 Å². The molecular weight excluding hydrogens is 292 g/mol. The fourth-order valence-corrected chi connectivity index (χ4v) is 5.24. The molecule has 0 amide bonds. The Morgan fingerprint density at radius 2 is 1.04 bits per heavy atom. The Kier molecular flexibility index (Phi) is 10.4. The third-order valence-corrected chi connectivity index (χ3v) is 7.03. The zero-order valence-electron chi connectivity index (χ0n) is 16.7. The standard InChI is InChI=1S/C23H44O/c1-3-4-5-6-7-8-20-9-11-21(12-10-20)13-14-22-15-17-23(18-16-22)19-24-2/h20-23H,3-19H2,1-2H3. The first-order valence-corrected chi connectivity index (χ1v) is 11.3. The second-order valence-corrected chi connectivity index (χ2v) is 9.01. The molecule has 0 aromatic carbocycles. The van der Waals surface area contributed by atoms with Crippen LogP contribution in [0.4, 0.5) is 0 Å². The van der Waals surface area contributed by atoms with Crippen molar-refractivity contribution in [3.8, 4) is 0 Å². The van der Waals surface area contributed by atoms with Crippen molar-refractivity contribution in [3.63, 3.8) is 0 Å². The van der Waals surface area contributed by atoms with Gasteiger partial charge in [-0.3, -0.25) is 0 Å². The zero-order valence-corrected chi connectivity index (χ0v) is 16.7. The Labute approximate surface area is 152 Å². The molecule has 0 radical (unpaired) electrons. The summed E-state index contributed by atoms with van der Waals surface area (Å²) in [5, 5.41) is 0. The lowest BCUT2D eigenvalue weighted by Crippen LogP contribution is -2.20. The van der Waals surface area contributed by atoms with E-state index in [1.54, 1.807) is 25.7 Å². The van der Waals surface area contributed by atoms with E-state index >= 15 is 0 Å². The van der Waals surface area contributed by atoms with Crippen LogP contribution in [0, 0.1) is 23.7 Å². The first-order chi connectivity index (χ1) is 11.8. The van der Waals surface area contributed by atoms with Gasteiger partial charge in [-0.2, -0.15) is 0 Å². The van der Waals surface area contributed by atoms with Gasteiger partial charge in [0.15, 0.2) is 0 Å². The minimum atomic E-state index is 0.860. The van der Waals surface area contributed by atoms with Gasteiger partial charge in [0.25, 0.3) is 0 Å². The molecule has 0 unspecified atom stereocenters. The fraction of sp³-hybridized carbons (Fsp3) is 1.00. The Morgan fingerprint density at radius 3 is 1.54 bits per heavy atom. The van der Waals surface area contributed by atoms with Gasteiger partial charge in [0.2, 0.25) is 0 Å². The third kappa shape index (κ3) is 7.89. The van der Waals surface area contributed by atoms with Crippen molar-refractivity contribution >= 4 is 0 Å². The molecule has 0 saturated heterocycles. The summed E-state index contributed by atoms with van der Waals surface area (Å²) in [6, 6.07) is 0. The maximum atomic E-state index is 5.33. The molecule has 0 N–H and O–H groups in total. The minimum absolute atomic E-state index is 0.860. The molecule has 2 fully saturated rings. The molecule has 2 aliphatic rings. The van der Waals surface area contributed by atoms with E-state index in [0.29, 0.717) is 0 Å². The third-order valence-electron chi connectivity index (χ3n) is 7.03. The number of rotatable bonds is 11. The molecule has 0 heterocycles. The second-order valence-electron chi connectivity index (χ2n) is 9.01. The highest BCUT2D eigenvalue weighted by Gasteiger charge is 2.24. The van der Waals surface area contributed by atoms with Crippen LogP contribution in [0.3, 0.4) is 0 Å². The largest absolute Gasteiger partial charge is 0.384 e. The zero-order chi connectivity index (χ0) is 17.0. The maximum absolute atomic E-state index is 5.33. The molecule has 2 aliphatic carbocycles. The van der Waals surface area contributed by atoms with Crippen molar-refractivity contribution in [2.24, 2.45) is 23.7 Å². The first kappa shape index (κ1) is 20.3. The summed E-state index contributed by atoms with van der Waals surface area (Å²) in [6.07, 6.45) is 23.8. The van der Waals surface area contributed by atoms with Gasteiger partial charge in [-0.1, -0.05) is 96.8 Å². The van der Waals surface area contributed by atoms with Crippen LogP contribution in [0.2, 0.25) is 0 Å². The van der Waals surface area contributed by atoms with Gasteiger partial charge in [-0.25, -0.2) is 0 Å². The number of hydrogen-bond donors (Lipinski definition) is 0. The van der Waals surface area contributed by atoms with E-state index in [-0.39, 0.29) is 0 Å².